The van der Waals surface area contributed by atoms with Crippen LogP contribution >= 0.6 is 0 Å². The van der Waals surface area contributed by atoms with Crippen LogP contribution in [0.4, 0.5) is 0 Å². The second-order valence-electron chi connectivity index (χ2n) is 3.89. The average Bonchev–Trinajstić information content (AvgIpc) is 2.75. The fourth-order valence-corrected chi connectivity index (χ4v) is 1.88. The summed E-state index contributed by atoms with van der Waals surface area (Å²) in [5.74, 6) is -0.393. The molecular formula is C10H14N4O2. The smallest absolute Gasteiger partial charge is 0.212 e. The number of aryl methyl sites for hydroxylation is 1. The first kappa shape index (κ1) is 11.0. The lowest BCUT2D eigenvalue weighted by Crippen LogP contribution is -2.50. The SMILES string of the molecule is Cn1cc(C2CC(C(=O)C=O)NCN2)cn1. The van der Waals surface area contributed by atoms with Gasteiger partial charge in [-0.2, -0.15) is 5.10 Å². The van der Waals surface area contributed by atoms with E-state index in [0.29, 0.717) is 19.4 Å². The van der Waals surface area contributed by atoms with Gasteiger partial charge in [-0.3, -0.25) is 24.9 Å². The fourth-order valence-electron chi connectivity index (χ4n) is 1.88. The highest BCUT2D eigenvalue weighted by Crippen LogP contribution is 2.20. The zero-order valence-corrected chi connectivity index (χ0v) is 9.01. The van der Waals surface area contributed by atoms with Crippen molar-refractivity contribution in [3.8, 4) is 0 Å². The Bertz CT molecular complexity index is 401. The largest absolute Gasteiger partial charge is 0.297 e. The van der Waals surface area contributed by atoms with Gasteiger partial charge in [-0.15, -0.1) is 0 Å². The number of hydrogen-bond acceptors (Lipinski definition) is 5. The van der Waals surface area contributed by atoms with Crippen molar-refractivity contribution in [1.29, 1.82) is 0 Å². The van der Waals surface area contributed by atoms with E-state index in [0.717, 1.165) is 5.56 Å². The second kappa shape index (κ2) is 4.54. The Morgan fingerprint density at radius 2 is 2.44 bits per heavy atom. The zero-order valence-electron chi connectivity index (χ0n) is 9.01. The van der Waals surface area contributed by atoms with Crippen LogP contribution in [0, 0.1) is 0 Å². The predicted molar refractivity (Wildman–Crippen MR) is 56.6 cm³/mol. The maximum atomic E-state index is 11.3. The molecule has 6 heteroatoms. The predicted octanol–water partition coefficient (Wildman–Crippen LogP) is -0.862. The molecule has 0 saturated carbocycles. The minimum absolute atomic E-state index is 0.0730. The van der Waals surface area contributed by atoms with Gasteiger partial charge in [-0.05, 0) is 6.42 Å². The Kier molecular flexibility index (Phi) is 3.12. The van der Waals surface area contributed by atoms with E-state index in [1.54, 1.807) is 10.9 Å². The normalized spacial score (nSPS) is 25.3. The quantitative estimate of drug-likeness (QED) is 0.514. The summed E-state index contributed by atoms with van der Waals surface area (Å²) >= 11 is 0. The number of aromatic nitrogens is 2. The molecule has 86 valence electrons. The van der Waals surface area contributed by atoms with E-state index in [2.05, 4.69) is 15.7 Å². The molecule has 1 aromatic heterocycles. The molecule has 1 saturated heterocycles. The molecule has 6 nitrogen and oxygen atoms in total. The van der Waals surface area contributed by atoms with Gasteiger partial charge in [0, 0.05) is 31.5 Å². The molecule has 0 spiro atoms. The van der Waals surface area contributed by atoms with Crippen molar-refractivity contribution < 1.29 is 9.59 Å². The number of aldehydes is 1. The van der Waals surface area contributed by atoms with Gasteiger partial charge in [0.15, 0.2) is 6.29 Å². The number of rotatable bonds is 3. The van der Waals surface area contributed by atoms with E-state index in [9.17, 15) is 9.59 Å². The highest BCUT2D eigenvalue weighted by Gasteiger charge is 2.27. The van der Waals surface area contributed by atoms with Crippen molar-refractivity contribution in [2.24, 2.45) is 7.05 Å². The molecule has 2 heterocycles. The summed E-state index contributed by atoms with van der Waals surface area (Å²) in [7, 11) is 1.85. The molecule has 0 radical (unpaired) electrons. The highest BCUT2D eigenvalue weighted by atomic mass is 16.2. The number of carbonyl (C=O) groups is 2. The van der Waals surface area contributed by atoms with Gasteiger partial charge in [0.1, 0.15) is 0 Å². The average molecular weight is 222 g/mol. The van der Waals surface area contributed by atoms with Crippen molar-refractivity contribution in [3.63, 3.8) is 0 Å². The van der Waals surface area contributed by atoms with Gasteiger partial charge >= 0.3 is 0 Å². The van der Waals surface area contributed by atoms with E-state index < -0.39 is 5.78 Å². The molecule has 0 bridgehead atoms. The molecule has 2 unspecified atom stereocenters. The summed E-state index contributed by atoms with van der Waals surface area (Å²) in [5, 5.41) is 10.3. The molecule has 0 amide bonds. The summed E-state index contributed by atoms with van der Waals surface area (Å²) in [6, 6.07) is -0.312. The van der Waals surface area contributed by atoms with Gasteiger partial charge in [0.05, 0.1) is 12.2 Å². The lowest BCUT2D eigenvalue weighted by Gasteiger charge is -2.29. The van der Waals surface area contributed by atoms with Crippen molar-refractivity contribution in [1.82, 2.24) is 20.4 Å². The van der Waals surface area contributed by atoms with Crippen molar-refractivity contribution in [3.05, 3.63) is 18.0 Å². The lowest BCUT2D eigenvalue weighted by molar-refractivity contribution is -0.131. The van der Waals surface area contributed by atoms with Gasteiger partial charge in [-0.1, -0.05) is 0 Å². The van der Waals surface area contributed by atoms with Crippen LogP contribution in [0.15, 0.2) is 12.4 Å². The van der Waals surface area contributed by atoms with Gasteiger partial charge in [-0.25, -0.2) is 0 Å². The maximum Gasteiger partial charge on any atom is 0.212 e. The molecule has 2 atom stereocenters. The Balaban J connectivity index is 2.07. The number of hydrogen-bond donors (Lipinski definition) is 2. The first-order valence-electron chi connectivity index (χ1n) is 5.15. The highest BCUT2D eigenvalue weighted by molar-refractivity contribution is 6.27. The Morgan fingerprint density at radius 3 is 3.06 bits per heavy atom. The Morgan fingerprint density at radius 1 is 1.62 bits per heavy atom. The molecular weight excluding hydrogens is 208 g/mol. The molecule has 1 aromatic rings. The molecule has 0 aromatic carbocycles. The van der Waals surface area contributed by atoms with Crippen LogP contribution in [-0.4, -0.2) is 34.6 Å². The fraction of sp³-hybridized carbons (Fsp3) is 0.500. The molecule has 2 N–H and O–H groups in total. The van der Waals surface area contributed by atoms with Crippen LogP contribution in [0.2, 0.25) is 0 Å². The van der Waals surface area contributed by atoms with Gasteiger partial charge < -0.3 is 0 Å². The third-order valence-electron chi connectivity index (χ3n) is 2.76. The van der Waals surface area contributed by atoms with E-state index >= 15 is 0 Å². The molecule has 2 rings (SSSR count). The summed E-state index contributed by atoms with van der Waals surface area (Å²) in [4.78, 5) is 21.7. The summed E-state index contributed by atoms with van der Waals surface area (Å²) in [5.41, 5.74) is 1.03. The number of Topliss-reactive ketones (excluding diaryl/α,β-unsaturated/α-hetero) is 1. The topological polar surface area (TPSA) is 76.0 Å². The number of nitrogens with one attached hydrogen (secondary N) is 2. The summed E-state index contributed by atoms with van der Waals surface area (Å²) in [6.45, 7) is 0.518. The molecule has 1 aliphatic heterocycles. The van der Waals surface area contributed by atoms with Crippen LogP contribution in [0.1, 0.15) is 18.0 Å². The summed E-state index contributed by atoms with van der Waals surface area (Å²) < 4.78 is 1.72. The minimum atomic E-state index is -0.393. The Labute approximate surface area is 93.0 Å². The standard InChI is InChI=1S/C10H14N4O2/c1-14-4-7(3-13-14)8-2-9(10(16)5-15)12-6-11-8/h3-5,8-9,11-12H,2,6H2,1H3. The monoisotopic (exact) mass is 222 g/mol. The van der Waals surface area contributed by atoms with Gasteiger partial charge in [0.2, 0.25) is 5.78 Å². The van der Waals surface area contributed by atoms with E-state index in [1.807, 2.05) is 13.2 Å². The van der Waals surface area contributed by atoms with Crippen molar-refractivity contribution in [2.75, 3.05) is 6.67 Å². The van der Waals surface area contributed by atoms with Crippen LogP contribution in [0.25, 0.3) is 0 Å². The first-order chi connectivity index (χ1) is 7.70. The Hall–Kier alpha value is -1.53. The molecule has 1 aliphatic rings. The molecule has 16 heavy (non-hydrogen) atoms. The molecule has 1 fully saturated rings. The number of ketones is 1. The van der Waals surface area contributed by atoms with Crippen molar-refractivity contribution >= 4 is 12.1 Å². The van der Waals surface area contributed by atoms with E-state index in [1.165, 1.54) is 0 Å². The minimum Gasteiger partial charge on any atom is -0.297 e. The third-order valence-corrected chi connectivity index (χ3v) is 2.76. The molecule has 0 aliphatic carbocycles. The summed E-state index contributed by atoms with van der Waals surface area (Å²) in [6.07, 6.45) is 4.63. The first-order valence-corrected chi connectivity index (χ1v) is 5.15. The number of nitrogens with zero attached hydrogens (tertiary/aromatic N) is 2. The lowest BCUT2D eigenvalue weighted by atomic mass is 9.98. The zero-order chi connectivity index (χ0) is 11.5. The number of carbonyl (C=O) groups excluding carboxylic acids is 2. The van der Waals surface area contributed by atoms with Crippen LogP contribution in [0.5, 0.6) is 0 Å². The van der Waals surface area contributed by atoms with E-state index in [-0.39, 0.29) is 12.1 Å². The van der Waals surface area contributed by atoms with Crippen LogP contribution < -0.4 is 10.6 Å². The van der Waals surface area contributed by atoms with Crippen LogP contribution in [-0.2, 0) is 16.6 Å². The van der Waals surface area contributed by atoms with Gasteiger partial charge in [0.25, 0.3) is 0 Å². The second-order valence-corrected chi connectivity index (χ2v) is 3.89. The van der Waals surface area contributed by atoms with Crippen LogP contribution in [0.3, 0.4) is 0 Å². The maximum absolute atomic E-state index is 11.3. The van der Waals surface area contributed by atoms with Crippen molar-refractivity contribution in [2.45, 2.75) is 18.5 Å². The third kappa shape index (κ3) is 2.17. The van der Waals surface area contributed by atoms with E-state index in [4.69, 9.17) is 0 Å².